The summed E-state index contributed by atoms with van der Waals surface area (Å²) in [5.41, 5.74) is -2.39. The SMILES string of the molecule is CCOC(=O)[C@]12CCCC(=O)[C@@]1(O)CCC2. The molecule has 2 rings (SSSR count). The van der Waals surface area contributed by atoms with Gasteiger partial charge in [-0.3, -0.25) is 9.59 Å². The first-order chi connectivity index (χ1) is 7.57. The molecular weight excluding hydrogens is 208 g/mol. The molecule has 2 saturated carbocycles. The van der Waals surface area contributed by atoms with Crippen LogP contribution >= 0.6 is 0 Å². The van der Waals surface area contributed by atoms with Crippen molar-refractivity contribution in [3.63, 3.8) is 0 Å². The predicted octanol–water partition coefficient (Wildman–Crippen LogP) is 1.20. The van der Waals surface area contributed by atoms with Crippen LogP contribution in [-0.4, -0.2) is 29.1 Å². The van der Waals surface area contributed by atoms with E-state index >= 15 is 0 Å². The van der Waals surface area contributed by atoms with Crippen molar-refractivity contribution in [1.29, 1.82) is 0 Å². The molecule has 2 aliphatic carbocycles. The van der Waals surface area contributed by atoms with Crippen LogP contribution in [0.2, 0.25) is 0 Å². The molecule has 0 aromatic carbocycles. The molecule has 2 fully saturated rings. The third-order valence-corrected chi connectivity index (χ3v) is 4.07. The van der Waals surface area contributed by atoms with Gasteiger partial charge in [0, 0.05) is 6.42 Å². The van der Waals surface area contributed by atoms with E-state index in [0.717, 1.165) is 6.42 Å². The van der Waals surface area contributed by atoms with Gasteiger partial charge in [-0.2, -0.15) is 0 Å². The zero-order valence-corrected chi connectivity index (χ0v) is 9.62. The Kier molecular flexibility index (Phi) is 2.78. The molecular formula is C12H18O4. The molecule has 2 atom stereocenters. The van der Waals surface area contributed by atoms with E-state index in [1.54, 1.807) is 6.92 Å². The Bertz CT molecular complexity index is 325. The highest BCUT2D eigenvalue weighted by Gasteiger charge is 2.64. The molecule has 0 aromatic heterocycles. The van der Waals surface area contributed by atoms with Crippen molar-refractivity contribution in [1.82, 2.24) is 0 Å². The summed E-state index contributed by atoms with van der Waals surface area (Å²) in [7, 11) is 0. The first-order valence-electron chi connectivity index (χ1n) is 6.00. The van der Waals surface area contributed by atoms with E-state index < -0.39 is 11.0 Å². The van der Waals surface area contributed by atoms with Crippen LogP contribution in [0.3, 0.4) is 0 Å². The average molecular weight is 226 g/mol. The number of rotatable bonds is 2. The van der Waals surface area contributed by atoms with Crippen LogP contribution in [0.1, 0.15) is 45.4 Å². The number of carbonyl (C=O) groups excluding carboxylic acids is 2. The van der Waals surface area contributed by atoms with Crippen molar-refractivity contribution in [3.8, 4) is 0 Å². The zero-order valence-electron chi connectivity index (χ0n) is 9.62. The van der Waals surface area contributed by atoms with Crippen molar-refractivity contribution < 1.29 is 19.4 Å². The summed E-state index contributed by atoms with van der Waals surface area (Å²) in [6.07, 6.45) is 3.35. The molecule has 2 aliphatic rings. The summed E-state index contributed by atoms with van der Waals surface area (Å²) >= 11 is 0. The number of fused-ring (bicyclic) bond motifs is 1. The number of ketones is 1. The Morgan fingerprint density at radius 1 is 1.38 bits per heavy atom. The number of hydrogen-bond donors (Lipinski definition) is 1. The number of carbonyl (C=O) groups is 2. The molecule has 0 aromatic rings. The smallest absolute Gasteiger partial charge is 0.315 e. The summed E-state index contributed by atoms with van der Waals surface area (Å²) in [5.74, 6) is -0.563. The number of esters is 1. The molecule has 0 saturated heterocycles. The first-order valence-corrected chi connectivity index (χ1v) is 6.00. The van der Waals surface area contributed by atoms with Crippen LogP contribution < -0.4 is 0 Å². The van der Waals surface area contributed by atoms with Gasteiger partial charge in [-0.15, -0.1) is 0 Å². The van der Waals surface area contributed by atoms with E-state index in [2.05, 4.69) is 0 Å². The Labute approximate surface area is 95.0 Å². The van der Waals surface area contributed by atoms with Crippen molar-refractivity contribution in [2.24, 2.45) is 5.41 Å². The summed E-state index contributed by atoms with van der Waals surface area (Å²) in [6, 6.07) is 0. The van der Waals surface area contributed by atoms with E-state index in [1.165, 1.54) is 0 Å². The van der Waals surface area contributed by atoms with Crippen LogP contribution in [0.5, 0.6) is 0 Å². The minimum atomic E-state index is -1.45. The highest BCUT2D eigenvalue weighted by molar-refractivity contribution is 5.96. The van der Waals surface area contributed by atoms with Gasteiger partial charge in [-0.05, 0) is 39.0 Å². The Morgan fingerprint density at radius 2 is 2.06 bits per heavy atom. The van der Waals surface area contributed by atoms with Gasteiger partial charge in [-0.25, -0.2) is 0 Å². The maximum absolute atomic E-state index is 12.0. The summed E-state index contributed by atoms with van der Waals surface area (Å²) in [4.78, 5) is 23.9. The lowest BCUT2D eigenvalue weighted by atomic mass is 9.64. The average Bonchev–Trinajstić information content (AvgIpc) is 2.60. The summed E-state index contributed by atoms with van der Waals surface area (Å²) < 4.78 is 5.05. The van der Waals surface area contributed by atoms with Gasteiger partial charge in [0.25, 0.3) is 0 Å². The third kappa shape index (κ3) is 1.32. The monoisotopic (exact) mass is 226 g/mol. The minimum absolute atomic E-state index is 0.177. The second-order valence-electron chi connectivity index (χ2n) is 4.79. The first kappa shape index (κ1) is 11.6. The fraction of sp³-hybridized carbons (Fsp3) is 0.833. The molecule has 4 nitrogen and oxygen atoms in total. The second kappa shape index (κ2) is 3.84. The lowest BCUT2D eigenvalue weighted by Crippen LogP contribution is -2.57. The molecule has 0 heterocycles. The molecule has 0 spiro atoms. The predicted molar refractivity (Wildman–Crippen MR) is 56.7 cm³/mol. The summed E-state index contributed by atoms with van der Waals surface area (Å²) in [6.45, 7) is 2.04. The molecule has 0 radical (unpaired) electrons. The van der Waals surface area contributed by atoms with Crippen LogP contribution in [0.4, 0.5) is 0 Å². The third-order valence-electron chi connectivity index (χ3n) is 4.07. The molecule has 0 bridgehead atoms. The van der Waals surface area contributed by atoms with E-state index in [-0.39, 0.29) is 11.8 Å². The number of Topliss-reactive ketones (excluding diaryl/α,β-unsaturated/α-hetero) is 1. The fourth-order valence-corrected chi connectivity index (χ4v) is 3.23. The topological polar surface area (TPSA) is 63.6 Å². The number of ether oxygens (including phenoxy) is 1. The van der Waals surface area contributed by atoms with Gasteiger partial charge < -0.3 is 9.84 Å². The van der Waals surface area contributed by atoms with Gasteiger partial charge in [0.1, 0.15) is 11.0 Å². The lowest BCUT2D eigenvalue weighted by molar-refractivity contribution is -0.182. The van der Waals surface area contributed by atoms with Crippen molar-refractivity contribution >= 4 is 11.8 Å². The largest absolute Gasteiger partial charge is 0.465 e. The van der Waals surface area contributed by atoms with Crippen molar-refractivity contribution in [2.75, 3.05) is 6.61 Å². The van der Waals surface area contributed by atoms with Gasteiger partial charge in [0.05, 0.1) is 6.61 Å². The quantitative estimate of drug-likeness (QED) is 0.719. The number of hydrogen-bond acceptors (Lipinski definition) is 4. The molecule has 16 heavy (non-hydrogen) atoms. The van der Waals surface area contributed by atoms with Crippen LogP contribution in [0.25, 0.3) is 0 Å². The normalized spacial score (nSPS) is 38.2. The molecule has 1 N–H and O–H groups in total. The summed E-state index contributed by atoms with van der Waals surface area (Å²) in [5, 5.41) is 10.5. The Balaban J connectivity index is 2.35. The van der Waals surface area contributed by atoms with E-state index in [4.69, 9.17) is 4.74 Å². The molecule has 0 amide bonds. The van der Waals surface area contributed by atoms with Crippen molar-refractivity contribution in [2.45, 2.75) is 51.0 Å². The van der Waals surface area contributed by atoms with E-state index in [1.807, 2.05) is 0 Å². The van der Waals surface area contributed by atoms with Crippen LogP contribution in [0, 0.1) is 5.41 Å². The van der Waals surface area contributed by atoms with E-state index in [0.29, 0.717) is 38.7 Å². The van der Waals surface area contributed by atoms with Gasteiger partial charge in [-0.1, -0.05) is 0 Å². The molecule has 0 aliphatic heterocycles. The fourth-order valence-electron chi connectivity index (χ4n) is 3.23. The maximum atomic E-state index is 12.0. The van der Waals surface area contributed by atoms with Crippen LogP contribution in [0.15, 0.2) is 0 Å². The highest BCUT2D eigenvalue weighted by Crippen LogP contribution is 2.54. The van der Waals surface area contributed by atoms with Gasteiger partial charge in [0.2, 0.25) is 0 Å². The molecule has 0 unspecified atom stereocenters. The molecule has 4 heteroatoms. The van der Waals surface area contributed by atoms with Gasteiger partial charge in [0.15, 0.2) is 5.78 Å². The number of aliphatic hydroxyl groups is 1. The molecule has 90 valence electrons. The second-order valence-corrected chi connectivity index (χ2v) is 4.79. The highest BCUT2D eigenvalue weighted by atomic mass is 16.5. The maximum Gasteiger partial charge on any atom is 0.315 e. The van der Waals surface area contributed by atoms with E-state index in [9.17, 15) is 14.7 Å². The standard InChI is InChI=1S/C12H18O4/c1-2-16-10(14)11-6-3-5-9(13)12(11,15)8-4-7-11/h15H,2-8H2,1H3/t11-,12+/m1/s1. The van der Waals surface area contributed by atoms with Gasteiger partial charge >= 0.3 is 5.97 Å². The Morgan fingerprint density at radius 3 is 2.75 bits per heavy atom. The minimum Gasteiger partial charge on any atom is -0.465 e. The van der Waals surface area contributed by atoms with Crippen molar-refractivity contribution in [3.05, 3.63) is 0 Å². The van der Waals surface area contributed by atoms with Crippen LogP contribution in [-0.2, 0) is 14.3 Å². The zero-order chi connectivity index (χ0) is 11.8. The Hall–Kier alpha value is -0.900. The lowest BCUT2D eigenvalue weighted by Gasteiger charge is -2.42.